The number of nitrogens with zero attached hydrogens (tertiary/aromatic N) is 1. The van der Waals surface area contributed by atoms with Gasteiger partial charge >= 0.3 is 0 Å². The van der Waals surface area contributed by atoms with Gasteiger partial charge in [0.05, 0.1) is 11.7 Å². The molecule has 0 saturated heterocycles. The third-order valence-electron chi connectivity index (χ3n) is 3.13. The van der Waals surface area contributed by atoms with Crippen LogP contribution in [0.1, 0.15) is 23.2 Å². The first-order valence-corrected chi connectivity index (χ1v) is 5.87. The molecule has 0 aliphatic heterocycles. The largest absolute Gasteiger partial charge is 0.391 e. The minimum atomic E-state index is -0.755. The van der Waals surface area contributed by atoms with E-state index in [2.05, 4.69) is 0 Å². The summed E-state index contributed by atoms with van der Waals surface area (Å²) in [5, 5.41) is 9.72. The highest BCUT2D eigenvalue weighted by molar-refractivity contribution is 5.94. The lowest BCUT2D eigenvalue weighted by atomic mass is 10.1. The van der Waals surface area contributed by atoms with Crippen molar-refractivity contribution in [3.63, 3.8) is 0 Å². The summed E-state index contributed by atoms with van der Waals surface area (Å²) in [5.41, 5.74) is -0.305. The van der Waals surface area contributed by atoms with Crippen molar-refractivity contribution in [3.8, 4) is 0 Å². The van der Waals surface area contributed by atoms with Crippen LogP contribution in [0.15, 0.2) is 18.2 Å². The number of amides is 1. The van der Waals surface area contributed by atoms with Crippen LogP contribution in [0.2, 0.25) is 0 Å². The number of carbonyl (C=O) groups is 1. The van der Waals surface area contributed by atoms with Crippen molar-refractivity contribution in [3.05, 3.63) is 35.4 Å². The molecule has 1 fully saturated rings. The van der Waals surface area contributed by atoms with Gasteiger partial charge in [-0.3, -0.25) is 4.79 Å². The van der Waals surface area contributed by atoms with Crippen LogP contribution < -0.4 is 0 Å². The summed E-state index contributed by atoms with van der Waals surface area (Å²) >= 11 is 0. The number of aliphatic hydroxyl groups excluding tert-OH is 1. The van der Waals surface area contributed by atoms with Crippen molar-refractivity contribution < 1.29 is 18.7 Å². The Labute approximate surface area is 104 Å². The van der Waals surface area contributed by atoms with Gasteiger partial charge in [0, 0.05) is 13.6 Å². The summed E-state index contributed by atoms with van der Waals surface area (Å²) in [7, 11) is 1.47. The van der Waals surface area contributed by atoms with Crippen LogP contribution >= 0.6 is 0 Å². The van der Waals surface area contributed by atoms with E-state index < -0.39 is 23.6 Å². The zero-order valence-electron chi connectivity index (χ0n) is 10.1. The molecule has 1 aromatic rings. The van der Waals surface area contributed by atoms with Crippen LogP contribution in [0.5, 0.6) is 0 Å². The second-order valence-corrected chi connectivity index (χ2v) is 4.71. The monoisotopic (exact) mass is 255 g/mol. The predicted molar refractivity (Wildman–Crippen MR) is 62.0 cm³/mol. The Balaban J connectivity index is 2.07. The Morgan fingerprint density at radius 3 is 2.78 bits per heavy atom. The first-order valence-electron chi connectivity index (χ1n) is 5.87. The molecule has 1 N–H and O–H groups in total. The van der Waals surface area contributed by atoms with Gasteiger partial charge < -0.3 is 10.0 Å². The third-order valence-corrected chi connectivity index (χ3v) is 3.13. The quantitative estimate of drug-likeness (QED) is 0.891. The summed E-state index contributed by atoms with van der Waals surface area (Å²) < 4.78 is 26.4. The number of halogens is 2. The molecule has 1 aliphatic carbocycles. The second kappa shape index (κ2) is 5.02. The maximum Gasteiger partial charge on any atom is 0.256 e. The van der Waals surface area contributed by atoms with Gasteiger partial charge in [-0.25, -0.2) is 8.78 Å². The number of benzene rings is 1. The molecule has 0 aromatic heterocycles. The molecular formula is C13H15F2NO2. The van der Waals surface area contributed by atoms with E-state index in [-0.39, 0.29) is 18.0 Å². The topological polar surface area (TPSA) is 40.5 Å². The SMILES string of the molecule is CN(CC(O)C1CC1)C(=O)c1cc(F)ccc1F. The molecule has 1 aliphatic rings. The molecule has 1 amide bonds. The van der Waals surface area contributed by atoms with E-state index in [1.807, 2.05) is 0 Å². The Bertz CT molecular complexity index is 460. The van der Waals surface area contributed by atoms with Gasteiger partial charge in [0.1, 0.15) is 11.6 Å². The summed E-state index contributed by atoms with van der Waals surface area (Å²) in [4.78, 5) is 13.1. The molecule has 0 bridgehead atoms. The lowest BCUT2D eigenvalue weighted by molar-refractivity contribution is 0.0641. The standard InChI is InChI=1S/C13H15F2NO2/c1-16(7-12(17)8-2-3-8)13(18)10-6-9(14)4-5-11(10)15/h4-6,8,12,17H,2-3,7H2,1H3. The Morgan fingerprint density at radius 1 is 1.50 bits per heavy atom. The Morgan fingerprint density at radius 2 is 2.17 bits per heavy atom. The summed E-state index contributed by atoms with van der Waals surface area (Å²) in [5.74, 6) is -1.80. The molecular weight excluding hydrogens is 240 g/mol. The smallest absolute Gasteiger partial charge is 0.256 e. The first kappa shape index (κ1) is 13.0. The van der Waals surface area contributed by atoms with Crippen molar-refractivity contribution in [2.45, 2.75) is 18.9 Å². The van der Waals surface area contributed by atoms with Gasteiger partial charge in [-0.15, -0.1) is 0 Å². The minimum absolute atomic E-state index is 0.138. The number of carbonyl (C=O) groups excluding carboxylic acids is 1. The molecule has 1 aromatic carbocycles. The summed E-state index contributed by atoms with van der Waals surface area (Å²) in [6.07, 6.45) is 1.32. The Kier molecular flexibility index (Phi) is 3.61. The van der Waals surface area contributed by atoms with E-state index in [9.17, 15) is 18.7 Å². The van der Waals surface area contributed by atoms with E-state index in [1.165, 1.54) is 11.9 Å². The van der Waals surface area contributed by atoms with Crippen LogP contribution in [0.3, 0.4) is 0 Å². The fourth-order valence-electron chi connectivity index (χ4n) is 1.86. The molecule has 3 nitrogen and oxygen atoms in total. The molecule has 5 heteroatoms. The number of aliphatic hydroxyl groups is 1. The van der Waals surface area contributed by atoms with Crippen molar-refractivity contribution in [1.82, 2.24) is 4.90 Å². The van der Waals surface area contributed by atoms with Gasteiger partial charge in [-0.05, 0) is 37.0 Å². The molecule has 0 heterocycles. The predicted octanol–water partition coefficient (Wildman–Crippen LogP) is 1.81. The third kappa shape index (κ3) is 2.85. The maximum atomic E-state index is 13.4. The maximum absolute atomic E-state index is 13.4. The van der Waals surface area contributed by atoms with Gasteiger partial charge in [-0.1, -0.05) is 0 Å². The number of hydrogen-bond donors (Lipinski definition) is 1. The van der Waals surface area contributed by atoms with E-state index in [4.69, 9.17) is 0 Å². The number of hydrogen-bond acceptors (Lipinski definition) is 2. The summed E-state index contributed by atoms with van der Waals surface area (Å²) in [6, 6.07) is 2.76. The zero-order chi connectivity index (χ0) is 13.3. The van der Waals surface area contributed by atoms with Gasteiger partial charge in [-0.2, -0.15) is 0 Å². The highest BCUT2D eigenvalue weighted by atomic mass is 19.1. The van der Waals surface area contributed by atoms with Crippen LogP contribution in [-0.2, 0) is 0 Å². The van der Waals surface area contributed by atoms with E-state index >= 15 is 0 Å². The van der Waals surface area contributed by atoms with Crippen LogP contribution in [0.25, 0.3) is 0 Å². The van der Waals surface area contributed by atoms with E-state index in [1.54, 1.807) is 0 Å². The lowest BCUT2D eigenvalue weighted by Crippen LogP contribution is -2.35. The average molecular weight is 255 g/mol. The molecule has 2 rings (SSSR count). The minimum Gasteiger partial charge on any atom is -0.391 e. The fourth-order valence-corrected chi connectivity index (χ4v) is 1.86. The van der Waals surface area contributed by atoms with E-state index in [0.717, 1.165) is 31.0 Å². The van der Waals surface area contributed by atoms with Crippen molar-refractivity contribution >= 4 is 5.91 Å². The van der Waals surface area contributed by atoms with Crippen LogP contribution in [0, 0.1) is 17.6 Å². The molecule has 1 atom stereocenters. The fraction of sp³-hybridized carbons (Fsp3) is 0.462. The molecule has 0 spiro atoms. The first-order chi connectivity index (χ1) is 8.49. The van der Waals surface area contributed by atoms with Crippen molar-refractivity contribution in [1.29, 1.82) is 0 Å². The van der Waals surface area contributed by atoms with Crippen LogP contribution in [0.4, 0.5) is 8.78 Å². The van der Waals surface area contributed by atoms with Gasteiger partial charge in [0.2, 0.25) is 0 Å². The normalized spacial score (nSPS) is 16.4. The highest BCUT2D eigenvalue weighted by Crippen LogP contribution is 2.32. The van der Waals surface area contributed by atoms with Crippen molar-refractivity contribution in [2.24, 2.45) is 5.92 Å². The van der Waals surface area contributed by atoms with Crippen LogP contribution in [-0.4, -0.2) is 35.6 Å². The molecule has 1 unspecified atom stereocenters. The van der Waals surface area contributed by atoms with E-state index in [0.29, 0.717) is 0 Å². The Hall–Kier alpha value is -1.49. The van der Waals surface area contributed by atoms with Gasteiger partial charge in [0.15, 0.2) is 0 Å². The molecule has 0 radical (unpaired) electrons. The van der Waals surface area contributed by atoms with Crippen molar-refractivity contribution in [2.75, 3.05) is 13.6 Å². The second-order valence-electron chi connectivity index (χ2n) is 4.71. The number of likely N-dealkylation sites (N-methyl/N-ethyl adjacent to an activating group) is 1. The average Bonchev–Trinajstić information content (AvgIpc) is 3.15. The summed E-state index contributed by atoms with van der Waals surface area (Å²) in [6.45, 7) is 0.138. The molecule has 1 saturated carbocycles. The molecule has 18 heavy (non-hydrogen) atoms. The van der Waals surface area contributed by atoms with Gasteiger partial charge in [0.25, 0.3) is 5.91 Å². The lowest BCUT2D eigenvalue weighted by Gasteiger charge is -2.21. The molecule has 98 valence electrons. The number of rotatable bonds is 4. The zero-order valence-corrected chi connectivity index (χ0v) is 10.1. The highest BCUT2D eigenvalue weighted by Gasteiger charge is 2.31.